The maximum Gasteiger partial charge on any atom is 0.308 e. The highest BCUT2D eigenvalue weighted by atomic mass is 19.1. The van der Waals surface area contributed by atoms with Crippen LogP contribution in [0.2, 0.25) is 0 Å². The van der Waals surface area contributed by atoms with Crippen LogP contribution in [0.1, 0.15) is 31.7 Å². The van der Waals surface area contributed by atoms with Gasteiger partial charge in [0.15, 0.2) is 0 Å². The number of rotatable bonds is 6. The fraction of sp³-hybridized carbons (Fsp3) is 0.400. The van der Waals surface area contributed by atoms with Crippen molar-refractivity contribution in [3.63, 3.8) is 0 Å². The number of carbonyl (C=O) groups excluding carboxylic acids is 1. The van der Waals surface area contributed by atoms with Crippen molar-refractivity contribution in [1.82, 2.24) is 0 Å². The molecule has 1 rings (SSSR count). The summed E-state index contributed by atoms with van der Waals surface area (Å²) in [7, 11) is 1.36. The Labute approximate surface area is 112 Å². The van der Waals surface area contributed by atoms with Crippen molar-refractivity contribution in [2.75, 3.05) is 7.11 Å². The maximum atomic E-state index is 13.0. The average molecular weight is 268 g/mol. The average Bonchev–Trinajstić information content (AvgIpc) is 2.35. The molecule has 0 radical (unpaired) electrons. The molecule has 0 saturated carbocycles. The number of hydrogen-bond donors (Lipinski definition) is 0. The molecule has 0 N–H and O–H groups in total. The second kappa shape index (κ2) is 7.67. The van der Waals surface area contributed by atoms with Crippen LogP contribution >= 0.6 is 0 Å². The van der Waals surface area contributed by atoms with Gasteiger partial charge in [0.1, 0.15) is 11.6 Å². The molecule has 1 aromatic carbocycles. The minimum absolute atomic E-state index is 0.204. The lowest BCUT2D eigenvalue weighted by atomic mass is 9.99. The fourth-order valence-corrected chi connectivity index (χ4v) is 1.89. The molecule has 1 atom stereocenters. The van der Waals surface area contributed by atoms with Gasteiger partial charge in [-0.1, -0.05) is 25.5 Å². The Bertz CT molecular complexity index is 435. The molecule has 2 nitrogen and oxygen atoms in total. The molecule has 19 heavy (non-hydrogen) atoms. The molecular weight excluding hydrogens is 250 g/mol. The van der Waals surface area contributed by atoms with E-state index < -0.39 is 11.6 Å². The smallest absolute Gasteiger partial charge is 0.308 e. The van der Waals surface area contributed by atoms with Crippen LogP contribution in [0.15, 0.2) is 24.3 Å². The first-order valence-corrected chi connectivity index (χ1v) is 6.27. The molecular formula is C15H18F2O2. The zero-order chi connectivity index (χ0) is 14.3. The second-order valence-corrected chi connectivity index (χ2v) is 4.35. The molecule has 1 unspecified atom stereocenters. The summed E-state index contributed by atoms with van der Waals surface area (Å²) in [5.41, 5.74) is 0.442. The minimum atomic E-state index is -0.613. The molecule has 0 fully saturated rings. The lowest BCUT2D eigenvalue weighted by Crippen LogP contribution is -2.15. The van der Waals surface area contributed by atoms with Gasteiger partial charge in [-0.25, -0.2) is 8.78 Å². The van der Waals surface area contributed by atoms with E-state index in [1.165, 1.54) is 19.2 Å². The Hall–Kier alpha value is -1.71. The van der Waals surface area contributed by atoms with Gasteiger partial charge in [-0.2, -0.15) is 0 Å². The Balaban J connectivity index is 2.67. The van der Waals surface area contributed by atoms with Crippen molar-refractivity contribution in [2.24, 2.45) is 5.92 Å². The highest BCUT2D eigenvalue weighted by Crippen LogP contribution is 2.16. The summed E-state index contributed by atoms with van der Waals surface area (Å²) < 4.78 is 30.7. The Morgan fingerprint density at radius 2 is 1.95 bits per heavy atom. The Morgan fingerprint density at radius 3 is 2.47 bits per heavy atom. The molecule has 0 spiro atoms. The summed E-state index contributed by atoms with van der Waals surface area (Å²) in [6.07, 6.45) is 5.46. The number of esters is 1. The molecule has 1 aromatic rings. The molecule has 0 aromatic heterocycles. The molecule has 0 aliphatic rings. The zero-order valence-corrected chi connectivity index (χ0v) is 11.2. The number of allylic oxidation sites excluding steroid dienone is 1. The first-order chi connectivity index (χ1) is 9.06. The van der Waals surface area contributed by atoms with Gasteiger partial charge in [0.2, 0.25) is 0 Å². The van der Waals surface area contributed by atoms with E-state index in [0.717, 1.165) is 18.9 Å². The van der Waals surface area contributed by atoms with E-state index in [0.29, 0.717) is 12.0 Å². The predicted molar refractivity (Wildman–Crippen MR) is 70.4 cm³/mol. The number of ether oxygens (including phenoxy) is 1. The number of halogens is 2. The van der Waals surface area contributed by atoms with Crippen molar-refractivity contribution >= 4 is 12.0 Å². The highest BCUT2D eigenvalue weighted by Gasteiger charge is 2.16. The van der Waals surface area contributed by atoms with E-state index in [1.54, 1.807) is 12.2 Å². The van der Waals surface area contributed by atoms with Gasteiger partial charge in [-0.15, -0.1) is 0 Å². The second-order valence-electron chi connectivity index (χ2n) is 4.35. The predicted octanol–water partition coefficient (Wildman–Crippen LogP) is 3.96. The van der Waals surface area contributed by atoms with Crippen LogP contribution in [0.4, 0.5) is 8.78 Å². The number of benzene rings is 1. The van der Waals surface area contributed by atoms with Crippen LogP contribution in [0.5, 0.6) is 0 Å². The van der Waals surface area contributed by atoms with Crippen molar-refractivity contribution in [2.45, 2.75) is 26.2 Å². The third-order valence-electron chi connectivity index (χ3n) is 2.79. The quantitative estimate of drug-likeness (QED) is 0.730. The lowest BCUT2D eigenvalue weighted by Gasteiger charge is -2.10. The first-order valence-electron chi connectivity index (χ1n) is 6.27. The van der Waals surface area contributed by atoms with Gasteiger partial charge in [0.25, 0.3) is 0 Å². The monoisotopic (exact) mass is 268 g/mol. The molecule has 0 heterocycles. The van der Waals surface area contributed by atoms with E-state index in [9.17, 15) is 13.6 Å². The SMILES string of the molecule is CCCC(C/C=C/c1cc(F)cc(F)c1)C(=O)OC. The topological polar surface area (TPSA) is 26.3 Å². The van der Waals surface area contributed by atoms with Crippen molar-refractivity contribution in [3.05, 3.63) is 41.5 Å². The van der Waals surface area contributed by atoms with Crippen molar-refractivity contribution < 1.29 is 18.3 Å². The summed E-state index contributed by atoms with van der Waals surface area (Å²) in [5, 5.41) is 0. The van der Waals surface area contributed by atoms with Crippen LogP contribution in [0.25, 0.3) is 6.08 Å². The normalized spacial score (nSPS) is 12.6. The van der Waals surface area contributed by atoms with E-state index in [1.807, 2.05) is 6.92 Å². The van der Waals surface area contributed by atoms with Gasteiger partial charge < -0.3 is 4.74 Å². The zero-order valence-electron chi connectivity index (χ0n) is 11.2. The minimum Gasteiger partial charge on any atom is -0.469 e. The standard InChI is InChI=1S/C15H18F2O2/c1-3-5-12(15(18)19-2)7-4-6-11-8-13(16)10-14(17)9-11/h4,6,8-10,12H,3,5,7H2,1-2H3/b6-4+. The molecule has 0 amide bonds. The molecule has 0 bridgehead atoms. The maximum absolute atomic E-state index is 13.0. The van der Waals surface area contributed by atoms with Gasteiger partial charge in [-0.05, 0) is 30.5 Å². The first kappa shape index (κ1) is 15.3. The van der Waals surface area contributed by atoms with Gasteiger partial charge in [0, 0.05) is 6.07 Å². The Kier molecular flexibility index (Phi) is 6.19. The number of methoxy groups -OCH3 is 1. The molecule has 4 heteroatoms. The number of carbonyl (C=O) groups is 1. The van der Waals surface area contributed by atoms with Gasteiger partial charge in [-0.3, -0.25) is 4.79 Å². The van der Waals surface area contributed by atoms with E-state index in [2.05, 4.69) is 0 Å². The van der Waals surface area contributed by atoms with Crippen LogP contribution in [-0.2, 0) is 9.53 Å². The summed E-state index contributed by atoms with van der Waals surface area (Å²) in [4.78, 5) is 11.5. The molecule has 0 saturated heterocycles. The van der Waals surface area contributed by atoms with Crippen LogP contribution < -0.4 is 0 Å². The van der Waals surface area contributed by atoms with E-state index >= 15 is 0 Å². The lowest BCUT2D eigenvalue weighted by molar-refractivity contribution is -0.145. The van der Waals surface area contributed by atoms with Gasteiger partial charge in [0.05, 0.1) is 13.0 Å². The van der Waals surface area contributed by atoms with Crippen LogP contribution in [0.3, 0.4) is 0 Å². The highest BCUT2D eigenvalue weighted by molar-refractivity contribution is 5.72. The fourth-order valence-electron chi connectivity index (χ4n) is 1.89. The summed E-state index contributed by atoms with van der Waals surface area (Å²) >= 11 is 0. The van der Waals surface area contributed by atoms with E-state index in [4.69, 9.17) is 4.74 Å². The van der Waals surface area contributed by atoms with Crippen molar-refractivity contribution in [3.8, 4) is 0 Å². The Morgan fingerprint density at radius 1 is 1.32 bits per heavy atom. The van der Waals surface area contributed by atoms with E-state index in [-0.39, 0.29) is 11.9 Å². The number of hydrogen-bond acceptors (Lipinski definition) is 2. The summed E-state index contributed by atoms with van der Waals surface area (Å²) in [6.45, 7) is 1.99. The van der Waals surface area contributed by atoms with Gasteiger partial charge >= 0.3 is 5.97 Å². The molecule has 104 valence electrons. The summed E-state index contributed by atoms with van der Waals surface area (Å²) in [6, 6.07) is 3.31. The van der Waals surface area contributed by atoms with Crippen LogP contribution in [-0.4, -0.2) is 13.1 Å². The van der Waals surface area contributed by atoms with Crippen molar-refractivity contribution in [1.29, 1.82) is 0 Å². The van der Waals surface area contributed by atoms with Crippen LogP contribution in [0, 0.1) is 17.6 Å². The largest absolute Gasteiger partial charge is 0.469 e. The third kappa shape index (κ3) is 5.20. The molecule has 0 aliphatic carbocycles. The molecule has 0 aliphatic heterocycles. The summed E-state index contributed by atoms with van der Waals surface area (Å²) in [5.74, 6) is -1.68. The third-order valence-corrected chi connectivity index (χ3v) is 2.79.